The Hall–Kier alpha value is -3.09. The molecule has 5 nitrogen and oxygen atoms in total. The minimum atomic E-state index is -3.97. The van der Waals surface area contributed by atoms with Gasteiger partial charge in [-0.15, -0.1) is 6.58 Å². The lowest BCUT2D eigenvalue weighted by molar-refractivity contribution is 0.0734. The van der Waals surface area contributed by atoms with Crippen LogP contribution in [-0.2, 0) is 23.0 Å². The highest BCUT2D eigenvalue weighted by molar-refractivity contribution is 7.92. The summed E-state index contributed by atoms with van der Waals surface area (Å²) in [6, 6.07) is 21.0. The Morgan fingerprint density at radius 2 is 1.75 bits per heavy atom. The molecule has 0 atom stereocenters. The fourth-order valence-corrected chi connectivity index (χ4v) is 5.65. The van der Waals surface area contributed by atoms with Crippen LogP contribution < -0.4 is 4.31 Å². The van der Waals surface area contributed by atoms with Crippen LogP contribution in [0.25, 0.3) is 0 Å². The summed E-state index contributed by atoms with van der Waals surface area (Å²) >= 11 is 6.27. The molecular weight excluding hydrogens is 444 g/mol. The van der Waals surface area contributed by atoms with Gasteiger partial charge in [0.2, 0.25) is 0 Å². The van der Waals surface area contributed by atoms with Gasteiger partial charge in [-0.2, -0.15) is 0 Å². The van der Waals surface area contributed by atoms with E-state index in [2.05, 4.69) is 12.6 Å². The van der Waals surface area contributed by atoms with Crippen LogP contribution in [0.1, 0.15) is 21.5 Å². The maximum atomic E-state index is 13.5. The van der Waals surface area contributed by atoms with E-state index in [1.165, 1.54) is 28.1 Å². The van der Waals surface area contributed by atoms with E-state index < -0.39 is 10.0 Å². The molecule has 1 aliphatic heterocycles. The maximum Gasteiger partial charge on any atom is 0.264 e. The standard InChI is InChI=1S/C25H23ClN2O3S/c1-2-15-28(24-13-6-5-12-23(24)26)32(30,31)22-11-7-10-20(17-22)25(29)27-16-14-19-8-3-4-9-21(19)18-27/h2-13,17H,1,14-16,18H2. The second-order valence-corrected chi connectivity index (χ2v) is 9.82. The zero-order valence-corrected chi connectivity index (χ0v) is 19.0. The number of fused-ring (bicyclic) bond motifs is 1. The molecule has 0 radical (unpaired) electrons. The number of sulfonamides is 1. The Bertz CT molecular complexity index is 1270. The number of carbonyl (C=O) groups excluding carboxylic acids is 1. The molecule has 0 N–H and O–H groups in total. The highest BCUT2D eigenvalue weighted by Gasteiger charge is 2.28. The van der Waals surface area contributed by atoms with Crippen molar-refractivity contribution >= 4 is 33.2 Å². The number of rotatable bonds is 6. The smallest absolute Gasteiger partial charge is 0.264 e. The van der Waals surface area contributed by atoms with Crippen LogP contribution in [0.3, 0.4) is 0 Å². The molecule has 1 aliphatic rings. The molecule has 4 rings (SSSR count). The van der Waals surface area contributed by atoms with Gasteiger partial charge in [-0.1, -0.05) is 60.1 Å². The predicted octanol–water partition coefficient (Wildman–Crippen LogP) is 4.92. The summed E-state index contributed by atoms with van der Waals surface area (Å²) in [5.74, 6) is -0.190. The molecule has 32 heavy (non-hydrogen) atoms. The van der Waals surface area contributed by atoms with Crippen molar-refractivity contribution in [2.24, 2.45) is 0 Å². The van der Waals surface area contributed by atoms with Gasteiger partial charge in [-0.25, -0.2) is 8.42 Å². The van der Waals surface area contributed by atoms with Crippen molar-refractivity contribution in [2.45, 2.75) is 17.9 Å². The number of benzene rings is 3. The minimum Gasteiger partial charge on any atom is -0.334 e. The van der Waals surface area contributed by atoms with Gasteiger partial charge in [0, 0.05) is 18.7 Å². The van der Waals surface area contributed by atoms with E-state index in [-0.39, 0.29) is 17.3 Å². The SMILES string of the molecule is C=CCN(c1ccccc1Cl)S(=O)(=O)c1cccc(C(=O)N2CCc3ccccc3C2)c1. The van der Waals surface area contributed by atoms with E-state index in [1.807, 2.05) is 18.2 Å². The molecule has 0 aromatic heterocycles. The molecule has 0 unspecified atom stereocenters. The summed E-state index contributed by atoms with van der Waals surface area (Å²) in [5.41, 5.74) is 3.06. The van der Waals surface area contributed by atoms with E-state index in [4.69, 9.17) is 11.6 Å². The maximum absolute atomic E-state index is 13.5. The third-order valence-electron chi connectivity index (χ3n) is 5.50. The molecule has 3 aromatic rings. The Kier molecular flexibility index (Phi) is 6.35. The third-order valence-corrected chi connectivity index (χ3v) is 7.60. The van der Waals surface area contributed by atoms with Gasteiger partial charge in [0.25, 0.3) is 15.9 Å². The van der Waals surface area contributed by atoms with Crippen LogP contribution in [-0.4, -0.2) is 32.3 Å². The van der Waals surface area contributed by atoms with Crippen molar-refractivity contribution in [3.63, 3.8) is 0 Å². The van der Waals surface area contributed by atoms with E-state index >= 15 is 0 Å². The molecule has 3 aromatic carbocycles. The van der Waals surface area contributed by atoms with Crippen molar-refractivity contribution in [1.29, 1.82) is 0 Å². The van der Waals surface area contributed by atoms with Gasteiger partial charge in [-0.3, -0.25) is 9.10 Å². The second kappa shape index (κ2) is 9.18. The minimum absolute atomic E-state index is 0.0301. The predicted molar refractivity (Wildman–Crippen MR) is 128 cm³/mol. The number of halogens is 1. The van der Waals surface area contributed by atoms with Crippen molar-refractivity contribution in [3.8, 4) is 0 Å². The lowest BCUT2D eigenvalue weighted by atomic mass is 9.99. The summed E-state index contributed by atoms with van der Waals surface area (Å²) in [6.07, 6.45) is 2.28. The van der Waals surface area contributed by atoms with Gasteiger partial charge < -0.3 is 4.90 Å². The number of anilines is 1. The van der Waals surface area contributed by atoms with Crippen LogP contribution in [0, 0.1) is 0 Å². The third kappa shape index (κ3) is 4.29. The van der Waals surface area contributed by atoms with Crippen molar-refractivity contribution < 1.29 is 13.2 Å². The average Bonchev–Trinajstić information content (AvgIpc) is 2.82. The number of para-hydroxylation sites is 1. The molecule has 0 saturated carbocycles. The first-order valence-corrected chi connectivity index (χ1v) is 12.1. The summed E-state index contributed by atoms with van der Waals surface area (Å²) in [7, 11) is -3.97. The fraction of sp³-hybridized carbons (Fsp3) is 0.160. The molecule has 164 valence electrons. The number of hydrogen-bond donors (Lipinski definition) is 0. The summed E-state index contributed by atoms with van der Waals surface area (Å²) in [6.45, 7) is 4.83. The summed E-state index contributed by atoms with van der Waals surface area (Å²) in [4.78, 5) is 15.0. The molecular formula is C25H23ClN2O3S. The number of hydrogen-bond acceptors (Lipinski definition) is 3. The van der Waals surface area contributed by atoms with Crippen LogP contribution in [0.2, 0.25) is 5.02 Å². The lowest BCUT2D eigenvalue weighted by Gasteiger charge is -2.29. The molecule has 0 spiro atoms. The zero-order chi connectivity index (χ0) is 22.7. The lowest BCUT2D eigenvalue weighted by Crippen LogP contribution is -2.36. The first-order valence-electron chi connectivity index (χ1n) is 10.3. The Morgan fingerprint density at radius 1 is 1.03 bits per heavy atom. The molecule has 0 saturated heterocycles. The first-order chi connectivity index (χ1) is 15.4. The normalized spacial score (nSPS) is 13.3. The Balaban J connectivity index is 1.65. The van der Waals surface area contributed by atoms with E-state index in [1.54, 1.807) is 41.3 Å². The molecule has 0 fully saturated rings. The molecule has 7 heteroatoms. The largest absolute Gasteiger partial charge is 0.334 e. The van der Waals surface area contributed by atoms with Crippen LogP contribution in [0.4, 0.5) is 5.69 Å². The Morgan fingerprint density at radius 3 is 2.50 bits per heavy atom. The number of amides is 1. The van der Waals surface area contributed by atoms with Gasteiger partial charge in [-0.05, 0) is 47.9 Å². The molecule has 1 amide bonds. The zero-order valence-electron chi connectivity index (χ0n) is 17.4. The van der Waals surface area contributed by atoms with Crippen LogP contribution in [0.15, 0.2) is 90.3 Å². The quantitative estimate of drug-likeness (QED) is 0.484. The summed E-state index contributed by atoms with van der Waals surface area (Å²) < 4.78 is 28.2. The average molecular weight is 467 g/mol. The topological polar surface area (TPSA) is 57.7 Å². The van der Waals surface area contributed by atoms with Gasteiger partial charge in [0.05, 0.1) is 22.2 Å². The van der Waals surface area contributed by atoms with Gasteiger partial charge >= 0.3 is 0 Å². The molecule has 0 aliphatic carbocycles. The highest BCUT2D eigenvalue weighted by Crippen LogP contribution is 2.31. The number of nitrogens with zero attached hydrogens (tertiary/aromatic N) is 2. The van der Waals surface area contributed by atoms with Gasteiger partial charge in [0.1, 0.15) is 0 Å². The van der Waals surface area contributed by atoms with E-state index in [0.717, 1.165) is 12.0 Å². The van der Waals surface area contributed by atoms with E-state index in [9.17, 15) is 13.2 Å². The first kappa shape index (κ1) is 22.1. The monoisotopic (exact) mass is 466 g/mol. The summed E-state index contributed by atoms with van der Waals surface area (Å²) in [5, 5.41) is 0.317. The van der Waals surface area contributed by atoms with Crippen molar-refractivity contribution in [1.82, 2.24) is 4.90 Å². The van der Waals surface area contributed by atoms with Crippen LogP contribution >= 0.6 is 11.6 Å². The second-order valence-electron chi connectivity index (χ2n) is 7.55. The number of carbonyl (C=O) groups is 1. The van der Waals surface area contributed by atoms with Crippen molar-refractivity contribution in [3.05, 3.63) is 107 Å². The van der Waals surface area contributed by atoms with E-state index in [0.29, 0.717) is 29.4 Å². The van der Waals surface area contributed by atoms with Gasteiger partial charge in [0.15, 0.2) is 0 Å². The van der Waals surface area contributed by atoms with Crippen LogP contribution in [0.5, 0.6) is 0 Å². The fourth-order valence-electron chi connectivity index (χ4n) is 3.87. The molecule has 0 bridgehead atoms. The van der Waals surface area contributed by atoms with Crippen molar-refractivity contribution in [2.75, 3.05) is 17.4 Å². The molecule has 1 heterocycles. The Labute approximate surface area is 193 Å². The highest BCUT2D eigenvalue weighted by atomic mass is 35.5.